The van der Waals surface area contributed by atoms with E-state index in [1.807, 2.05) is 61.5 Å². The molecule has 0 amide bonds. The number of aryl methyl sites for hydroxylation is 1. The summed E-state index contributed by atoms with van der Waals surface area (Å²) in [5, 5.41) is 0. The first-order valence-corrected chi connectivity index (χ1v) is 11.0. The van der Waals surface area contributed by atoms with Crippen molar-refractivity contribution in [1.82, 2.24) is 14.7 Å². The minimum Gasteiger partial charge on any atom is -0.341 e. The van der Waals surface area contributed by atoms with Gasteiger partial charge in [0, 0.05) is 0 Å². The van der Waals surface area contributed by atoms with Crippen LogP contribution in [0.3, 0.4) is 0 Å². The number of allylic oxidation sites excluding steroid dienone is 1. The molecule has 0 fully saturated rings. The Morgan fingerprint density at radius 3 is 2.61 bits per heavy atom. The van der Waals surface area contributed by atoms with Crippen LogP contribution in [0, 0.1) is 0 Å². The topological polar surface area (TPSA) is 74.8 Å². The van der Waals surface area contributed by atoms with E-state index < -0.39 is 16.1 Å². The number of nitrogens with one attached hydrogen (secondary N) is 2. The smallest absolute Gasteiger partial charge is 0.237 e. The van der Waals surface area contributed by atoms with E-state index in [1.165, 1.54) is 5.56 Å². The van der Waals surface area contributed by atoms with Gasteiger partial charge in [-0.15, -0.1) is 0 Å². The van der Waals surface area contributed by atoms with Crippen LogP contribution in [-0.4, -0.2) is 18.4 Å². The van der Waals surface area contributed by atoms with Gasteiger partial charge < -0.3 is 4.98 Å². The maximum atomic E-state index is 13.0. The highest BCUT2D eigenvalue weighted by atomic mass is 32.2. The number of hydrogen-bond acceptors (Lipinski definition) is 3. The van der Waals surface area contributed by atoms with Crippen LogP contribution in [0.15, 0.2) is 65.7 Å². The highest BCUT2D eigenvalue weighted by molar-refractivity contribution is 7.93. The number of fused-ring (bicyclic) bond motifs is 1. The zero-order valence-corrected chi connectivity index (χ0v) is 16.5. The highest BCUT2D eigenvalue weighted by Crippen LogP contribution is 2.28. The summed E-state index contributed by atoms with van der Waals surface area (Å²) in [6.45, 7) is 1.95. The van der Waals surface area contributed by atoms with Crippen LogP contribution in [0.4, 0.5) is 0 Å². The van der Waals surface area contributed by atoms with Crippen LogP contribution in [0.2, 0.25) is 0 Å². The summed E-state index contributed by atoms with van der Waals surface area (Å²) in [4.78, 5) is 8.12. The first kappa shape index (κ1) is 18.7. The second-order valence-electron chi connectivity index (χ2n) is 6.94. The molecule has 0 saturated heterocycles. The van der Waals surface area contributed by atoms with Crippen molar-refractivity contribution in [3.63, 3.8) is 0 Å². The van der Waals surface area contributed by atoms with E-state index in [0.29, 0.717) is 23.6 Å². The Balaban J connectivity index is 1.57. The molecule has 2 aromatic carbocycles. The molecule has 3 aromatic rings. The lowest BCUT2D eigenvalue weighted by Gasteiger charge is -2.20. The Hall–Kier alpha value is -2.70. The molecule has 0 bridgehead atoms. The Labute approximate surface area is 165 Å². The summed E-state index contributed by atoms with van der Waals surface area (Å²) in [5.74, 6) is 0.627. The maximum absolute atomic E-state index is 13.0. The highest BCUT2D eigenvalue weighted by Gasteiger charge is 2.26. The lowest BCUT2D eigenvalue weighted by Crippen LogP contribution is -2.30. The number of nitrogens with zero attached hydrogens (tertiary/aromatic N) is 1. The largest absolute Gasteiger partial charge is 0.341 e. The van der Waals surface area contributed by atoms with E-state index in [4.69, 9.17) is 0 Å². The van der Waals surface area contributed by atoms with Crippen LogP contribution in [0.1, 0.15) is 42.8 Å². The van der Waals surface area contributed by atoms with Crippen LogP contribution in [-0.2, 0) is 16.4 Å². The van der Waals surface area contributed by atoms with Gasteiger partial charge in [0.25, 0.3) is 0 Å². The van der Waals surface area contributed by atoms with Gasteiger partial charge in [0.2, 0.25) is 10.0 Å². The molecule has 1 aromatic heterocycles. The third-order valence-electron chi connectivity index (χ3n) is 5.07. The molecule has 0 saturated carbocycles. The van der Waals surface area contributed by atoms with Crippen LogP contribution in [0.25, 0.3) is 17.3 Å². The van der Waals surface area contributed by atoms with E-state index in [-0.39, 0.29) is 0 Å². The van der Waals surface area contributed by atoms with Crippen molar-refractivity contribution in [3.8, 4) is 11.3 Å². The summed E-state index contributed by atoms with van der Waals surface area (Å²) >= 11 is 0. The number of aromatic nitrogens is 2. The van der Waals surface area contributed by atoms with E-state index in [9.17, 15) is 8.42 Å². The van der Waals surface area contributed by atoms with Gasteiger partial charge in [-0.2, -0.15) is 0 Å². The fraction of sp³-hybridized carbons (Fsp3) is 0.227. The molecule has 0 spiro atoms. The predicted octanol–water partition coefficient (Wildman–Crippen LogP) is 4.43. The Kier molecular flexibility index (Phi) is 5.15. The number of aromatic amines is 1. The average molecular weight is 394 g/mol. The molecule has 1 unspecified atom stereocenters. The van der Waals surface area contributed by atoms with Gasteiger partial charge in [-0.3, -0.25) is 0 Å². The van der Waals surface area contributed by atoms with E-state index >= 15 is 0 Å². The number of imidazole rings is 1. The van der Waals surface area contributed by atoms with Crippen LogP contribution < -0.4 is 4.72 Å². The SMILES string of the molecule is CCC(NS(=O)(=O)C1=Cc2ccccc2CC1)c1ncc(-c2ccccc2)[nH]1. The molecule has 1 heterocycles. The third kappa shape index (κ3) is 3.79. The lowest BCUT2D eigenvalue weighted by molar-refractivity contribution is 0.543. The Morgan fingerprint density at radius 1 is 1.07 bits per heavy atom. The fourth-order valence-electron chi connectivity index (χ4n) is 3.49. The van der Waals surface area contributed by atoms with Crippen molar-refractivity contribution >= 4 is 16.1 Å². The molecule has 144 valence electrons. The molecule has 6 heteroatoms. The zero-order chi connectivity index (χ0) is 19.6. The molecule has 2 N–H and O–H groups in total. The minimum absolute atomic E-state index is 0.402. The van der Waals surface area contributed by atoms with Gasteiger partial charge in [-0.1, -0.05) is 61.5 Å². The van der Waals surface area contributed by atoms with Crippen molar-refractivity contribution in [1.29, 1.82) is 0 Å². The molecule has 1 aliphatic rings. The van der Waals surface area contributed by atoms with Gasteiger partial charge in [-0.25, -0.2) is 18.1 Å². The number of benzene rings is 2. The van der Waals surface area contributed by atoms with Gasteiger partial charge in [0.1, 0.15) is 5.82 Å². The maximum Gasteiger partial charge on any atom is 0.237 e. The number of rotatable bonds is 6. The molecular weight excluding hydrogens is 370 g/mol. The normalized spacial score (nSPS) is 15.0. The van der Waals surface area contributed by atoms with Gasteiger partial charge in [0.05, 0.1) is 22.8 Å². The summed E-state index contributed by atoms with van der Waals surface area (Å²) in [5.41, 5.74) is 4.06. The molecule has 28 heavy (non-hydrogen) atoms. The number of H-pyrrole nitrogens is 1. The standard InChI is InChI=1S/C22H23N3O2S/c1-2-20(22-23-15-21(24-22)17-9-4-3-5-10-17)25-28(26,27)19-13-12-16-8-6-7-11-18(16)14-19/h3-11,14-15,20,25H,2,12-13H2,1H3,(H,23,24). The summed E-state index contributed by atoms with van der Waals surface area (Å²) in [7, 11) is -3.59. The third-order valence-corrected chi connectivity index (χ3v) is 6.68. The van der Waals surface area contributed by atoms with Crippen molar-refractivity contribution in [2.24, 2.45) is 0 Å². The first-order valence-electron chi connectivity index (χ1n) is 9.48. The van der Waals surface area contributed by atoms with E-state index in [1.54, 1.807) is 12.3 Å². The van der Waals surface area contributed by atoms with Crippen molar-refractivity contribution in [3.05, 3.63) is 82.7 Å². The quantitative estimate of drug-likeness (QED) is 0.650. The summed E-state index contributed by atoms with van der Waals surface area (Å²) in [6, 6.07) is 17.4. The van der Waals surface area contributed by atoms with Gasteiger partial charge in [-0.05, 0) is 42.0 Å². The van der Waals surface area contributed by atoms with E-state index in [2.05, 4.69) is 14.7 Å². The molecule has 5 nitrogen and oxygen atoms in total. The van der Waals surface area contributed by atoms with Crippen molar-refractivity contribution in [2.75, 3.05) is 0 Å². The van der Waals surface area contributed by atoms with E-state index in [0.717, 1.165) is 23.2 Å². The monoisotopic (exact) mass is 393 g/mol. The first-order chi connectivity index (χ1) is 13.6. The lowest BCUT2D eigenvalue weighted by atomic mass is 9.98. The van der Waals surface area contributed by atoms with Crippen LogP contribution in [0.5, 0.6) is 0 Å². The number of hydrogen-bond donors (Lipinski definition) is 2. The zero-order valence-electron chi connectivity index (χ0n) is 15.7. The van der Waals surface area contributed by atoms with Gasteiger partial charge >= 0.3 is 0 Å². The molecule has 0 aliphatic heterocycles. The minimum atomic E-state index is -3.59. The van der Waals surface area contributed by atoms with Gasteiger partial charge in [0.15, 0.2) is 0 Å². The number of sulfonamides is 1. The van der Waals surface area contributed by atoms with Crippen molar-refractivity contribution in [2.45, 2.75) is 32.2 Å². The average Bonchev–Trinajstić information content (AvgIpc) is 3.22. The Bertz CT molecular complexity index is 1100. The molecule has 1 atom stereocenters. The summed E-state index contributed by atoms with van der Waals surface area (Å²) in [6.07, 6.45) is 5.38. The second kappa shape index (κ2) is 7.73. The molecule has 1 aliphatic carbocycles. The fourth-order valence-corrected chi connectivity index (χ4v) is 4.95. The molecule has 0 radical (unpaired) electrons. The molecule has 4 rings (SSSR count). The second-order valence-corrected chi connectivity index (χ2v) is 8.71. The van der Waals surface area contributed by atoms with Crippen molar-refractivity contribution < 1.29 is 8.42 Å². The Morgan fingerprint density at radius 2 is 1.82 bits per heavy atom. The van der Waals surface area contributed by atoms with Crippen LogP contribution >= 0.6 is 0 Å². The molecular formula is C22H23N3O2S. The predicted molar refractivity (Wildman–Crippen MR) is 112 cm³/mol. The summed E-state index contributed by atoms with van der Waals surface area (Å²) < 4.78 is 28.8.